The molecule has 0 saturated carbocycles. The molecule has 0 amide bonds. The van der Waals surface area contributed by atoms with E-state index in [9.17, 15) is 0 Å². The molecule has 1 aromatic rings. The molecule has 0 aromatic heterocycles. The van der Waals surface area contributed by atoms with Gasteiger partial charge >= 0.3 is 0 Å². The fraction of sp³-hybridized carbons (Fsp3) is 0.571. The number of nitrogens with one attached hydrogen (secondary N) is 1. The van der Waals surface area contributed by atoms with Crippen LogP contribution in [0, 0.1) is 5.92 Å². The molecule has 2 atom stereocenters. The van der Waals surface area contributed by atoms with Gasteiger partial charge in [-0.15, -0.1) is 0 Å². The molecule has 1 N–H and O–H groups in total. The van der Waals surface area contributed by atoms with E-state index in [2.05, 4.69) is 50.4 Å². The van der Waals surface area contributed by atoms with Gasteiger partial charge in [-0.3, -0.25) is 0 Å². The lowest BCUT2D eigenvalue weighted by Crippen LogP contribution is -2.40. The van der Waals surface area contributed by atoms with Gasteiger partial charge in [0.1, 0.15) is 0 Å². The first-order chi connectivity index (χ1) is 7.24. The van der Waals surface area contributed by atoms with E-state index in [1.54, 1.807) is 5.56 Å². The minimum Gasteiger partial charge on any atom is -0.309 e. The van der Waals surface area contributed by atoms with Gasteiger partial charge in [-0.25, -0.2) is 0 Å². The Morgan fingerprint density at radius 1 is 1.33 bits per heavy atom. The van der Waals surface area contributed by atoms with Crippen LogP contribution in [0.2, 0.25) is 0 Å². The number of rotatable bonds is 2. The van der Waals surface area contributed by atoms with Crippen LogP contribution in [0.3, 0.4) is 0 Å². The van der Waals surface area contributed by atoms with Crippen molar-refractivity contribution < 1.29 is 0 Å². The highest BCUT2D eigenvalue weighted by Gasteiger charge is 2.29. The van der Waals surface area contributed by atoms with Crippen LogP contribution in [0.4, 0.5) is 0 Å². The predicted molar refractivity (Wildman–Crippen MR) is 64.9 cm³/mol. The molecular formula is C14H21N. The zero-order chi connectivity index (χ0) is 10.8. The molecule has 15 heavy (non-hydrogen) atoms. The molecule has 1 aliphatic rings. The molecule has 0 radical (unpaired) electrons. The van der Waals surface area contributed by atoms with Crippen molar-refractivity contribution in [1.29, 1.82) is 0 Å². The number of fused-ring (bicyclic) bond motifs is 1. The minimum atomic E-state index is 0.653. The van der Waals surface area contributed by atoms with Gasteiger partial charge in [-0.2, -0.15) is 0 Å². The van der Waals surface area contributed by atoms with Crippen molar-refractivity contribution in [3.05, 3.63) is 35.4 Å². The Hall–Kier alpha value is -0.820. The Morgan fingerprint density at radius 3 is 2.73 bits per heavy atom. The average Bonchev–Trinajstić information content (AvgIpc) is 2.27. The summed E-state index contributed by atoms with van der Waals surface area (Å²) in [5.41, 5.74) is 3.05. The van der Waals surface area contributed by atoms with Crippen LogP contribution in [0.5, 0.6) is 0 Å². The lowest BCUT2D eigenvalue weighted by molar-refractivity contribution is 0.326. The smallest absolute Gasteiger partial charge is 0.0211 e. The molecule has 0 spiro atoms. The second-order valence-electron chi connectivity index (χ2n) is 4.86. The molecule has 0 aliphatic carbocycles. The maximum absolute atomic E-state index is 3.66. The summed E-state index contributed by atoms with van der Waals surface area (Å²) in [5, 5.41) is 3.66. The molecule has 1 aromatic carbocycles. The quantitative estimate of drug-likeness (QED) is 0.777. The summed E-state index contributed by atoms with van der Waals surface area (Å²) in [6.07, 6.45) is 1.22. The van der Waals surface area contributed by atoms with E-state index in [-0.39, 0.29) is 0 Å². The molecule has 1 aliphatic heterocycles. The largest absolute Gasteiger partial charge is 0.309 e. The monoisotopic (exact) mass is 203 g/mol. The summed E-state index contributed by atoms with van der Waals surface area (Å²) in [6.45, 7) is 7.98. The maximum atomic E-state index is 3.66. The fourth-order valence-electron chi connectivity index (χ4n) is 2.83. The summed E-state index contributed by atoms with van der Waals surface area (Å²) in [6, 6.07) is 9.53. The van der Waals surface area contributed by atoms with Crippen LogP contribution < -0.4 is 5.32 Å². The first-order valence-electron chi connectivity index (χ1n) is 6.05. The zero-order valence-electron chi connectivity index (χ0n) is 9.96. The van der Waals surface area contributed by atoms with Crippen LogP contribution >= 0.6 is 0 Å². The topological polar surface area (TPSA) is 12.0 Å². The van der Waals surface area contributed by atoms with Crippen LogP contribution in [0.15, 0.2) is 24.3 Å². The SMILES string of the molecule is CCC1NCc2ccccc2C1C(C)C. The third-order valence-corrected chi connectivity index (χ3v) is 3.56. The Balaban J connectivity index is 2.38. The molecule has 1 heteroatoms. The van der Waals surface area contributed by atoms with Crippen LogP contribution in [-0.4, -0.2) is 6.04 Å². The van der Waals surface area contributed by atoms with Gasteiger partial charge in [0.15, 0.2) is 0 Å². The van der Waals surface area contributed by atoms with E-state index in [0.29, 0.717) is 17.9 Å². The number of hydrogen-bond donors (Lipinski definition) is 1. The lowest BCUT2D eigenvalue weighted by Gasteiger charge is -2.36. The zero-order valence-corrected chi connectivity index (χ0v) is 9.96. The molecule has 0 saturated heterocycles. The minimum absolute atomic E-state index is 0.653. The van der Waals surface area contributed by atoms with Crippen molar-refractivity contribution in [2.75, 3.05) is 0 Å². The van der Waals surface area contributed by atoms with Gasteiger partial charge in [0.2, 0.25) is 0 Å². The fourth-order valence-corrected chi connectivity index (χ4v) is 2.83. The summed E-state index contributed by atoms with van der Waals surface area (Å²) in [4.78, 5) is 0. The highest BCUT2D eigenvalue weighted by molar-refractivity contribution is 5.34. The Bertz CT molecular complexity index is 330. The number of hydrogen-bond acceptors (Lipinski definition) is 1. The van der Waals surface area contributed by atoms with Gasteiger partial charge in [0.05, 0.1) is 0 Å². The van der Waals surface area contributed by atoms with E-state index in [0.717, 1.165) is 6.54 Å². The molecule has 2 unspecified atom stereocenters. The van der Waals surface area contributed by atoms with Gasteiger partial charge in [-0.05, 0) is 23.5 Å². The van der Waals surface area contributed by atoms with Crippen molar-refractivity contribution >= 4 is 0 Å². The highest BCUT2D eigenvalue weighted by Crippen LogP contribution is 2.34. The Kier molecular flexibility index (Phi) is 3.11. The van der Waals surface area contributed by atoms with Crippen molar-refractivity contribution in [1.82, 2.24) is 5.32 Å². The van der Waals surface area contributed by atoms with Gasteiger partial charge in [0.25, 0.3) is 0 Å². The summed E-state index contributed by atoms with van der Waals surface area (Å²) >= 11 is 0. The van der Waals surface area contributed by atoms with Crippen molar-refractivity contribution in [2.45, 2.75) is 45.7 Å². The first-order valence-corrected chi connectivity index (χ1v) is 6.05. The molecule has 82 valence electrons. The second-order valence-corrected chi connectivity index (χ2v) is 4.86. The molecule has 1 heterocycles. The van der Waals surface area contributed by atoms with Crippen LogP contribution in [0.25, 0.3) is 0 Å². The third-order valence-electron chi connectivity index (χ3n) is 3.56. The van der Waals surface area contributed by atoms with E-state index in [4.69, 9.17) is 0 Å². The van der Waals surface area contributed by atoms with E-state index in [1.165, 1.54) is 12.0 Å². The van der Waals surface area contributed by atoms with Crippen molar-refractivity contribution in [3.8, 4) is 0 Å². The molecule has 1 nitrogen and oxygen atoms in total. The molecule has 2 rings (SSSR count). The Morgan fingerprint density at radius 2 is 2.07 bits per heavy atom. The van der Waals surface area contributed by atoms with Gasteiger partial charge < -0.3 is 5.32 Å². The highest BCUT2D eigenvalue weighted by atomic mass is 14.9. The summed E-state index contributed by atoms with van der Waals surface area (Å²) < 4.78 is 0. The normalized spacial score (nSPS) is 25.3. The second kappa shape index (κ2) is 4.36. The first kappa shape index (κ1) is 10.7. The lowest BCUT2D eigenvalue weighted by atomic mass is 9.77. The van der Waals surface area contributed by atoms with Crippen molar-refractivity contribution in [2.24, 2.45) is 5.92 Å². The molecule has 0 bridgehead atoms. The van der Waals surface area contributed by atoms with E-state index < -0.39 is 0 Å². The standard InChI is InChI=1S/C14H21N/c1-4-13-14(10(2)3)12-8-6-5-7-11(12)9-15-13/h5-8,10,13-15H,4,9H2,1-3H3. The maximum Gasteiger partial charge on any atom is 0.0211 e. The molecular weight excluding hydrogens is 182 g/mol. The summed E-state index contributed by atoms with van der Waals surface area (Å²) in [5.74, 6) is 1.39. The Labute approximate surface area is 92.9 Å². The van der Waals surface area contributed by atoms with Crippen LogP contribution in [0.1, 0.15) is 44.2 Å². The van der Waals surface area contributed by atoms with Gasteiger partial charge in [-0.1, -0.05) is 45.0 Å². The predicted octanol–water partition coefficient (Wildman–Crippen LogP) is 3.31. The van der Waals surface area contributed by atoms with Crippen molar-refractivity contribution in [3.63, 3.8) is 0 Å². The van der Waals surface area contributed by atoms with Crippen LogP contribution in [-0.2, 0) is 6.54 Å². The van der Waals surface area contributed by atoms with E-state index >= 15 is 0 Å². The molecule has 0 fully saturated rings. The third kappa shape index (κ3) is 1.93. The van der Waals surface area contributed by atoms with Gasteiger partial charge in [0, 0.05) is 18.5 Å². The average molecular weight is 203 g/mol. The van der Waals surface area contributed by atoms with E-state index in [1.807, 2.05) is 0 Å². The summed E-state index contributed by atoms with van der Waals surface area (Å²) in [7, 11) is 0. The number of benzene rings is 1.